The second kappa shape index (κ2) is 5.66. The second-order valence-corrected chi connectivity index (χ2v) is 6.58. The van der Waals surface area contributed by atoms with Gasteiger partial charge < -0.3 is 5.11 Å². The van der Waals surface area contributed by atoms with E-state index in [4.69, 9.17) is 5.11 Å². The number of aliphatic carboxylic acids is 1. The monoisotopic (exact) mass is 378 g/mol. The lowest BCUT2D eigenvalue weighted by Crippen LogP contribution is -2.28. The highest BCUT2D eigenvalue weighted by atomic mass is 79.9. The van der Waals surface area contributed by atoms with Crippen molar-refractivity contribution >= 4 is 43.5 Å². The van der Waals surface area contributed by atoms with E-state index in [9.17, 15) is 9.59 Å². The molecule has 7 heteroatoms. The summed E-state index contributed by atoms with van der Waals surface area (Å²) in [6.07, 6.45) is 1.30. The zero-order valence-corrected chi connectivity index (χ0v) is 13.9. The lowest BCUT2D eigenvalue weighted by molar-refractivity contribution is -0.140. The summed E-state index contributed by atoms with van der Waals surface area (Å²) in [7, 11) is 0. The van der Waals surface area contributed by atoms with E-state index < -0.39 is 12.0 Å². The van der Waals surface area contributed by atoms with Crippen LogP contribution in [-0.2, 0) is 4.79 Å². The number of benzene rings is 1. The van der Waals surface area contributed by atoms with Crippen LogP contribution >= 0.6 is 27.3 Å². The molecule has 0 bridgehead atoms. The summed E-state index contributed by atoms with van der Waals surface area (Å²) < 4.78 is 2.10. The van der Waals surface area contributed by atoms with Gasteiger partial charge in [-0.05, 0) is 24.6 Å². The number of nitrogens with zero attached hydrogens (tertiary/aromatic N) is 2. The predicted molar refractivity (Wildman–Crippen MR) is 89.4 cm³/mol. The Bertz CT molecular complexity index is 915. The van der Waals surface area contributed by atoms with Crippen LogP contribution in [0.1, 0.15) is 13.0 Å². The van der Waals surface area contributed by atoms with Gasteiger partial charge in [-0.3, -0.25) is 9.36 Å². The number of carboxylic acids is 1. The molecule has 0 aliphatic rings. The van der Waals surface area contributed by atoms with Crippen molar-refractivity contribution in [3.63, 3.8) is 0 Å². The maximum absolute atomic E-state index is 12.7. The maximum atomic E-state index is 12.7. The van der Waals surface area contributed by atoms with Crippen LogP contribution < -0.4 is 5.56 Å². The van der Waals surface area contributed by atoms with Crippen molar-refractivity contribution in [2.24, 2.45) is 0 Å². The summed E-state index contributed by atoms with van der Waals surface area (Å²) in [5.74, 6) is -1.07. The van der Waals surface area contributed by atoms with Gasteiger partial charge in [-0.1, -0.05) is 28.1 Å². The van der Waals surface area contributed by atoms with E-state index in [1.165, 1.54) is 24.6 Å². The lowest BCUT2D eigenvalue weighted by atomic mass is 10.1. The fraction of sp³-hybridized carbons (Fsp3) is 0.133. The van der Waals surface area contributed by atoms with E-state index in [0.717, 1.165) is 20.2 Å². The van der Waals surface area contributed by atoms with E-state index in [2.05, 4.69) is 20.9 Å². The molecule has 1 atom stereocenters. The number of hydrogen-bond donors (Lipinski definition) is 1. The van der Waals surface area contributed by atoms with Crippen LogP contribution in [0, 0.1) is 0 Å². The van der Waals surface area contributed by atoms with E-state index in [-0.39, 0.29) is 5.56 Å². The third-order valence-corrected chi connectivity index (χ3v) is 4.86. The Morgan fingerprint density at radius 2 is 2.05 bits per heavy atom. The number of hydrogen-bond acceptors (Lipinski definition) is 4. The van der Waals surface area contributed by atoms with Gasteiger partial charge in [0.2, 0.25) is 0 Å². The van der Waals surface area contributed by atoms with Gasteiger partial charge in [0.1, 0.15) is 10.9 Å². The molecule has 1 N–H and O–H groups in total. The van der Waals surface area contributed by atoms with Crippen molar-refractivity contribution in [2.75, 3.05) is 0 Å². The molecule has 0 fully saturated rings. The average Bonchev–Trinajstić information content (AvgIpc) is 2.92. The number of thiophene rings is 1. The van der Waals surface area contributed by atoms with Gasteiger partial charge >= 0.3 is 5.97 Å². The van der Waals surface area contributed by atoms with Gasteiger partial charge in [-0.15, -0.1) is 11.3 Å². The molecule has 0 saturated heterocycles. The maximum Gasteiger partial charge on any atom is 0.326 e. The standard InChI is InChI=1S/C15H11BrN2O3S/c1-8(15(20)21)18-7-17-13-12(14(18)19)11(6-22-13)9-2-4-10(16)5-3-9/h2-8H,1H3,(H,20,21)/t8-/m0/s1. The summed E-state index contributed by atoms with van der Waals surface area (Å²) >= 11 is 4.75. The molecule has 0 radical (unpaired) electrons. The minimum Gasteiger partial charge on any atom is -0.480 e. The molecule has 2 aromatic heterocycles. The first-order chi connectivity index (χ1) is 10.5. The number of carboxylic acid groups (broad SMARTS) is 1. The summed E-state index contributed by atoms with van der Waals surface area (Å²) in [5, 5.41) is 11.4. The zero-order valence-electron chi connectivity index (χ0n) is 11.5. The highest BCUT2D eigenvalue weighted by Gasteiger charge is 2.19. The molecular formula is C15H11BrN2O3S. The predicted octanol–water partition coefficient (Wildman–Crippen LogP) is 3.53. The Balaban J connectivity index is 2.25. The van der Waals surface area contributed by atoms with Crippen LogP contribution in [0.5, 0.6) is 0 Å². The smallest absolute Gasteiger partial charge is 0.326 e. The minimum atomic E-state index is -1.07. The molecule has 3 rings (SSSR count). The van der Waals surface area contributed by atoms with E-state index in [0.29, 0.717) is 10.2 Å². The lowest BCUT2D eigenvalue weighted by Gasteiger charge is -2.10. The fourth-order valence-electron chi connectivity index (χ4n) is 2.18. The first-order valence-electron chi connectivity index (χ1n) is 6.46. The van der Waals surface area contributed by atoms with Crippen molar-refractivity contribution in [3.8, 4) is 11.1 Å². The molecule has 112 valence electrons. The fourth-order valence-corrected chi connectivity index (χ4v) is 3.35. The third-order valence-electron chi connectivity index (χ3n) is 3.45. The Labute approximate surface area is 138 Å². The molecule has 0 saturated carbocycles. The topological polar surface area (TPSA) is 72.2 Å². The van der Waals surface area contributed by atoms with Crippen molar-refractivity contribution in [1.82, 2.24) is 9.55 Å². The highest BCUT2D eigenvalue weighted by Crippen LogP contribution is 2.31. The first-order valence-corrected chi connectivity index (χ1v) is 8.13. The number of halogens is 1. The van der Waals surface area contributed by atoms with Gasteiger partial charge in [0.05, 0.1) is 11.7 Å². The number of carbonyl (C=O) groups is 1. The number of aromatic nitrogens is 2. The molecule has 0 aliphatic carbocycles. The van der Waals surface area contributed by atoms with Crippen molar-refractivity contribution < 1.29 is 9.90 Å². The summed E-state index contributed by atoms with van der Waals surface area (Å²) in [6, 6.07) is 6.65. The highest BCUT2D eigenvalue weighted by molar-refractivity contribution is 9.10. The molecule has 0 spiro atoms. The molecule has 0 unspecified atom stereocenters. The van der Waals surface area contributed by atoms with Crippen molar-refractivity contribution in [3.05, 3.63) is 50.8 Å². The first kappa shape index (κ1) is 14.9. The van der Waals surface area contributed by atoms with E-state index >= 15 is 0 Å². The molecule has 22 heavy (non-hydrogen) atoms. The van der Waals surface area contributed by atoms with Gasteiger partial charge in [0.15, 0.2) is 0 Å². The van der Waals surface area contributed by atoms with Gasteiger partial charge in [0, 0.05) is 15.4 Å². The normalized spacial score (nSPS) is 12.5. The molecule has 0 aliphatic heterocycles. The van der Waals surface area contributed by atoms with Crippen LogP contribution in [0.4, 0.5) is 0 Å². The van der Waals surface area contributed by atoms with Crippen LogP contribution in [0.3, 0.4) is 0 Å². The van der Waals surface area contributed by atoms with Crippen LogP contribution in [-0.4, -0.2) is 20.6 Å². The van der Waals surface area contributed by atoms with Gasteiger partial charge in [-0.2, -0.15) is 0 Å². The van der Waals surface area contributed by atoms with Gasteiger partial charge in [0.25, 0.3) is 5.56 Å². The van der Waals surface area contributed by atoms with Crippen LogP contribution in [0.25, 0.3) is 21.3 Å². The summed E-state index contributed by atoms with van der Waals surface area (Å²) in [5.41, 5.74) is 1.34. The Morgan fingerprint density at radius 1 is 1.36 bits per heavy atom. The van der Waals surface area contributed by atoms with Gasteiger partial charge in [-0.25, -0.2) is 9.78 Å². The zero-order chi connectivity index (χ0) is 15.9. The second-order valence-electron chi connectivity index (χ2n) is 4.81. The third kappa shape index (κ3) is 2.46. The molecule has 3 aromatic rings. The Kier molecular flexibility index (Phi) is 3.84. The Morgan fingerprint density at radius 3 is 2.68 bits per heavy atom. The van der Waals surface area contributed by atoms with Crippen molar-refractivity contribution in [1.29, 1.82) is 0 Å². The molecular weight excluding hydrogens is 368 g/mol. The molecule has 5 nitrogen and oxygen atoms in total. The molecule has 2 heterocycles. The van der Waals surface area contributed by atoms with Crippen LogP contribution in [0.2, 0.25) is 0 Å². The van der Waals surface area contributed by atoms with E-state index in [1.807, 2.05) is 29.6 Å². The van der Waals surface area contributed by atoms with Crippen LogP contribution in [0.15, 0.2) is 45.2 Å². The number of rotatable bonds is 3. The Hall–Kier alpha value is -1.99. The quantitative estimate of drug-likeness (QED) is 0.756. The SMILES string of the molecule is C[C@@H](C(=O)O)n1cnc2scc(-c3ccc(Br)cc3)c2c1=O. The van der Waals surface area contributed by atoms with E-state index in [1.54, 1.807) is 0 Å². The number of fused-ring (bicyclic) bond motifs is 1. The summed E-state index contributed by atoms with van der Waals surface area (Å²) in [4.78, 5) is 28.6. The van der Waals surface area contributed by atoms with Crippen molar-refractivity contribution in [2.45, 2.75) is 13.0 Å². The average molecular weight is 379 g/mol. The largest absolute Gasteiger partial charge is 0.480 e. The molecule has 1 aromatic carbocycles. The minimum absolute atomic E-state index is 0.334. The summed E-state index contributed by atoms with van der Waals surface area (Å²) in [6.45, 7) is 1.46. The molecule has 0 amide bonds.